The Balaban J connectivity index is -0.000000266. The Bertz CT molecular complexity index is 108. The molecule has 14 heavy (non-hydrogen) atoms. The number of amides is 1. The molecule has 0 fully saturated rings. The van der Waals surface area contributed by atoms with Gasteiger partial charge >= 0.3 is 0 Å². The van der Waals surface area contributed by atoms with Crippen molar-refractivity contribution < 1.29 is 14.6 Å². The number of hydrogen-bond acceptors (Lipinski definition) is 3. The summed E-state index contributed by atoms with van der Waals surface area (Å²) in [6.07, 6.45) is 0. The largest absolute Gasteiger partial charge is 0.395 e. The number of carbonyl (C=O) groups excluding carboxylic acids is 1. The summed E-state index contributed by atoms with van der Waals surface area (Å²) in [4.78, 5) is 12.2. The highest BCUT2D eigenvalue weighted by Gasteiger charge is 2.05. The van der Waals surface area contributed by atoms with Gasteiger partial charge in [-0.25, -0.2) is 0 Å². The Morgan fingerprint density at radius 3 is 2.00 bits per heavy atom. The van der Waals surface area contributed by atoms with E-state index >= 15 is 0 Å². The molecule has 1 amide bonds. The van der Waals surface area contributed by atoms with Gasteiger partial charge in [-0.1, -0.05) is 27.7 Å². The molecule has 0 heterocycles. The van der Waals surface area contributed by atoms with Crippen LogP contribution in [0.2, 0.25) is 0 Å². The van der Waals surface area contributed by atoms with E-state index in [0.717, 1.165) is 0 Å². The second-order valence-electron chi connectivity index (χ2n) is 1.97. The third-order valence-electron chi connectivity index (χ3n) is 1.13. The zero-order chi connectivity index (χ0) is 12.0. The number of carbonyl (C=O) groups is 1. The van der Waals surface area contributed by atoms with Gasteiger partial charge in [-0.05, 0) is 0 Å². The van der Waals surface area contributed by atoms with Crippen LogP contribution in [0.25, 0.3) is 0 Å². The summed E-state index contributed by atoms with van der Waals surface area (Å²) in [7, 11) is 3.09. The van der Waals surface area contributed by atoms with E-state index in [0.29, 0.717) is 6.54 Å². The van der Waals surface area contributed by atoms with Crippen molar-refractivity contribution in [1.82, 2.24) is 4.90 Å². The number of rotatable bonds is 4. The predicted octanol–water partition coefficient (Wildman–Crippen LogP) is 1.14. The van der Waals surface area contributed by atoms with Crippen molar-refractivity contribution >= 4 is 5.91 Å². The van der Waals surface area contributed by atoms with Crippen LogP contribution in [-0.4, -0.2) is 49.8 Å². The number of ether oxygens (including phenoxy) is 1. The van der Waals surface area contributed by atoms with Gasteiger partial charge in [0.25, 0.3) is 0 Å². The maximum Gasteiger partial charge on any atom is 0.248 e. The van der Waals surface area contributed by atoms with Crippen LogP contribution in [0, 0.1) is 0 Å². The van der Waals surface area contributed by atoms with Gasteiger partial charge in [0.1, 0.15) is 6.61 Å². The van der Waals surface area contributed by atoms with Gasteiger partial charge in [0.05, 0.1) is 6.61 Å². The van der Waals surface area contributed by atoms with E-state index in [2.05, 4.69) is 4.74 Å². The quantitative estimate of drug-likeness (QED) is 0.752. The lowest BCUT2D eigenvalue weighted by Crippen LogP contribution is -2.32. The topological polar surface area (TPSA) is 49.8 Å². The summed E-state index contributed by atoms with van der Waals surface area (Å²) < 4.78 is 4.60. The molecule has 0 aromatic heterocycles. The molecule has 0 aromatic carbocycles. The highest BCUT2D eigenvalue weighted by molar-refractivity contribution is 5.77. The van der Waals surface area contributed by atoms with E-state index < -0.39 is 0 Å². The minimum atomic E-state index is -0.114. The fourth-order valence-corrected chi connectivity index (χ4v) is 0.508. The first-order chi connectivity index (χ1) is 6.72. The average molecular weight is 207 g/mol. The number of aliphatic hydroxyl groups is 1. The van der Waals surface area contributed by atoms with Gasteiger partial charge in [-0.3, -0.25) is 4.79 Å². The maximum atomic E-state index is 10.8. The second-order valence-corrected chi connectivity index (χ2v) is 1.97. The standard InChI is InChI=1S/C6H13NO3.2C2H6/c1-7(3-4-8)6(9)5-10-2;2*1-2/h8H,3-5H2,1-2H3;2*1-2H3. The Hall–Kier alpha value is -0.610. The lowest BCUT2D eigenvalue weighted by Gasteiger charge is -2.14. The van der Waals surface area contributed by atoms with Gasteiger partial charge in [0, 0.05) is 20.7 Å². The van der Waals surface area contributed by atoms with Crippen molar-refractivity contribution in [2.45, 2.75) is 27.7 Å². The van der Waals surface area contributed by atoms with Crippen LogP contribution >= 0.6 is 0 Å². The zero-order valence-electron chi connectivity index (χ0n) is 10.3. The molecule has 0 rings (SSSR count). The minimum Gasteiger partial charge on any atom is -0.395 e. The lowest BCUT2D eigenvalue weighted by molar-refractivity contribution is -0.134. The summed E-state index contributed by atoms with van der Waals surface area (Å²) in [6.45, 7) is 8.44. The first kappa shape index (κ1) is 19.0. The molecule has 0 saturated heterocycles. The zero-order valence-corrected chi connectivity index (χ0v) is 10.3. The van der Waals surface area contributed by atoms with Crippen LogP contribution in [0.5, 0.6) is 0 Å². The molecule has 4 nitrogen and oxygen atoms in total. The van der Waals surface area contributed by atoms with E-state index in [4.69, 9.17) is 5.11 Å². The third-order valence-corrected chi connectivity index (χ3v) is 1.13. The molecule has 0 aliphatic rings. The van der Waals surface area contributed by atoms with Crippen LogP contribution in [0.4, 0.5) is 0 Å². The van der Waals surface area contributed by atoms with E-state index in [1.54, 1.807) is 7.05 Å². The summed E-state index contributed by atoms with van der Waals surface area (Å²) in [5.41, 5.74) is 0. The fraction of sp³-hybridized carbons (Fsp3) is 0.900. The summed E-state index contributed by atoms with van der Waals surface area (Å²) in [5, 5.41) is 8.42. The second kappa shape index (κ2) is 18.2. The van der Waals surface area contributed by atoms with E-state index in [-0.39, 0.29) is 19.1 Å². The predicted molar refractivity (Wildman–Crippen MR) is 59.3 cm³/mol. The molecule has 0 aromatic rings. The van der Waals surface area contributed by atoms with Gasteiger partial charge in [0.15, 0.2) is 0 Å². The van der Waals surface area contributed by atoms with Crippen LogP contribution in [0.15, 0.2) is 0 Å². The Labute approximate surface area is 87.9 Å². The summed E-state index contributed by atoms with van der Waals surface area (Å²) >= 11 is 0. The van der Waals surface area contributed by atoms with Crippen molar-refractivity contribution in [3.8, 4) is 0 Å². The molecule has 0 atom stereocenters. The van der Waals surface area contributed by atoms with E-state index in [1.807, 2.05) is 27.7 Å². The summed E-state index contributed by atoms with van der Waals surface area (Å²) in [6, 6.07) is 0. The highest BCUT2D eigenvalue weighted by atomic mass is 16.5. The number of aliphatic hydroxyl groups excluding tert-OH is 1. The SMILES string of the molecule is CC.CC.COCC(=O)N(C)CCO. The molecule has 4 heteroatoms. The van der Waals surface area contributed by atoms with Gasteiger partial charge in [0.2, 0.25) is 5.91 Å². The van der Waals surface area contributed by atoms with Crippen LogP contribution in [0.3, 0.4) is 0 Å². The lowest BCUT2D eigenvalue weighted by atomic mass is 10.5. The number of hydrogen-bond donors (Lipinski definition) is 1. The van der Waals surface area contributed by atoms with Crippen molar-refractivity contribution in [3.05, 3.63) is 0 Å². The number of likely N-dealkylation sites (N-methyl/N-ethyl adjacent to an activating group) is 1. The summed E-state index contributed by atoms with van der Waals surface area (Å²) in [5.74, 6) is -0.114. The normalized spacial score (nSPS) is 7.64. The number of nitrogens with zero attached hydrogens (tertiary/aromatic N) is 1. The smallest absolute Gasteiger partial charge is 0.248 e. The van der Waals surface area contributed by atoms with Crippen molar-refractivity contribution in [2.75, 3.05) is 33.9 Å². The molecule has 88 valence electrons. The first-order valence-corrected chi connectivity index (χ1v) is 5.06. The van der Waals surface area contributed by atoms with Crippen LogP contribution < -0.4 is 0 Å². The maximum absolute atomic E-state index is 10.8. The van der Waals surface area contributed by atoms with Crippen LogP contribution in [0.1, 0.15) is 27.7 Å². The molecular formula is C10H25NO3. The molecule has 1 N–H and O–H groups in total. The number of methoxy groups -OCH3 is 1. The molecule has 0 aliphatic heterocycles. The molecular weight excluding hydrogens is 182 g/mol. The Kier molecular flexibility index (Phi) is 24.8. The molecule has 0 radical (unpaired) electrons. The minimum absolute atomic E-state index is 0.00798. The van der Waals surface area contributed by atoms with Gasteiger partial charge in [-0.2, -0.15) is 0 Å². The van der Waals surface area contributed by atoms with Crippen molar-refractivity contribution in [3.63, 3.8) is 0 Å². The monoisotopic (exact) mass is 207 g/mol. The van der Waals surface area contributed by atoms with Crippen molar-refractivity contribution in [1.29, 1.82) is 0 Å². The van der Waals surface area contributed by atoms with E-state index in [9.17, 15) is 4.79 Å². The fourth-order valence-electron chi connectivity index (χ4n) is 0.508. The van der Waals surface area contributed by atoms with Crippen LogP contribution in [-0.2, 0) is 9.53 Å². The molecule has 0 aliphatic carbocycles. The highest BCUT2D eigenvalue weighted by Crippen LogP contribution is 1.83. The van der Waals surface area contributed by atoms with E-state index in [1.165, 1.54) is 12.0 Å². The molecule has 0 saturated carbocycles. The molecule has 0 bridgehead atoms. The Morgan fingerprint density at radius 2 is 1.71 bits per heavy atom. The third kappa shape index (κ3) is 13.9. The average Bonchev–Trinajstić information content (AvgIpc) is 2.24. The molecule has 0 unspecified atom stereocenters. The first-order valence-electron chi connectivity index (χ1n) is 5.06. The Morgan fingerprint density at radius 1 is 1.29 bits per heavy atom. The van der Waals surface area contributed by atoms with Gasteiger partial charge < -0.3 is 14.7 Å². The molecule has 0 spiro atoms. The van der Waals surface area contributed by atoms with Gasteiger partial charge in [-0.15, -0.1) is 0 Å². The van der Waals surface area contributed by atoms with Crippen molar-refractivity contribution in [2.24, 2.45) is 0 Å².